The van der Waals surface area contributed by atoms with E-state index in [1.807, 2.05) is 52.0 Å². The van der Waals surface area contributed by atoms with Gasteiger partial charge in [-0.05, 0) is 69.8 Å². The molecule has 1 amide bonds. The summed E-state index contributed by atoms with van der Waals surface area (Å²) in [7, 11) is -3.06. The highest BCUT2D eigenvalue weighted by Crippen LogP contribution is 2.48. The summed E-state index contributed by atoms with van der Waals surface area (Å²) in [6.45, 7) is 8.08. The van der Waals surface area contributed by atoms with E-state index >= 15 is 0 Å². The standard InChI is InChI=1S/C27H33BN2O7S/c1-25(2)26(3,4)37-28(36-25)19-10-12-20(13-11-19)38(33,34)29-16-14-27(15-17-29)21-8-6-7-9-22(21)30(24(27)32)18-23(31)35-5/h6-13H,14-18H2,1-5H3. The molecule has 0 radical (unpaired) electrons. The number of para-hydroxylation sites is 1. The maximum atomic E-state index is 13.6. The molecule has 0 aromatic heterocycles. The first-order chi connectivity index (χ1) is 17.8. The molecule has 9 nitrogen and oxygen atoms in total. The van der Waals surface area contributed by atoms with Crippen LogP contribution >= 0.6 is 0 Å². The molecule has 2 aromatic rings. The number of hydrogen-bond acceptors (Lipinski definition) is 7. The Morgan fingerprint density at radius 3 is 2.13 bits per heavy atom. The van der Waals surface area contributed by atoms with Crippen molar-refractivity contribution in [2.24, 2.45) is 0 Å². The second-order valence-electron chi connectivity index (χ2n) is 11.1. The maximum Gasteiger partial charge on any atom is 0.494 e. The number of esters is 1. The van der Waals surface area contributed by atoms with E-state index in [1.165, 1.54) is 16.3 Å². The molecule has 3 heterocycles. The quantitative estimate of drug-likeness (QED) is 0.424. The molecule has 2 saturated heterocycles. The van der Waals surface area contributed by atoms with E-state index in [2.05, 4.69) is 0 Å². The van der Waals surface area contributed by atoms with Gasteiger partial charge in [-0.25, -0.2) is 8.42 Å². The number of fused-ring (bicyclic) bond motifs is 2. The van der Waals surface area contributed by atoms with Gasteiger partial charge in [0.2, 0.25) is 15.9 Å². The number of methoxy groups -OCH3 is 1. The smallest absolute Gasteiger partial charge is 0.468 e. The molecule has 38 heavy (non-hydrogen) atoms. The minimum atomic E-state index is -3.77. The van der Waals surface area contributed by atoms with Gasteiger partial charge in [-0.2, -0.15) is 4.31 Å². The summed E-state index contributed by atoms with van der Waals surface area (Å²) in [5.74, 6) is -0.692. The monoisotopic (exact) mass is 540 g/mol. The van der Waals surface area contributed by atoms with E-state index in [0.717, 1.165) is 11.0 Å². The van der Waals surface area contributed by atoms with Crippen molar-refractivity contribution in [3.8, 4) is 0 Å². The van der Waals surface area contributed by atoms with Crippen LogP contribution in [-0.4, -0.2) is 69.7 Å². The molecule has 0 unspecified atom stereocenters. The number of piperidine rings is 1. The number of ether oxygens (including phenoxy) is 1. The van der Waals surface area contributed by atoms with Gasteiger partial charge in [0, 0.05) is 18.8 Å². The number of benzene rings is 2. The number of anilines is 1. The topological polar surface area (TPSA) is 102 Å². The summed E-state index contributed by atoms with van der Waals surface area (Å²) in [5, 5.41) is 0. The SMILES string of the molecule is COC(=O)CN1C(=O)C2(CCN(S(=O)(=O)c3ccc(B4OC(C)(C)C(C)(C)O4)cc3)CC2)c2ccccc21. The van der Waals surface area contributed by atoms with Gasteiger partial charge in [0.1, 0.15) is 6.54 Å². The van der Waals surface area contributed by atoms with E-state index < -0.39 is 39.7 Å². The summed E-state index contributed by atoms with van der Waals surface area (Å²) in [6.07, 6.45) is 0.650. The van der Waals surface area contributed by atoms with Crippen molar-refractivity contribution in [1.82, 2.24) is 4.31 Å². The summed E-state index contributed by atoms with van der Waals surface area (Å²) in [6, 6.07) is 14.0. The van der Waals surface area contributed by atoms with Gasteiger partial charge in [-0.15, -0.1) is 0 Å². The van der Waals surface area contributed by atoms with Gasteiger partial charge in [0.25, 0.3) is 0 Å². The molecule has 11 heteroatoms. The zero-order valence-corrected chi connectivity index (χ0v) is 23.2. The van der Waals surface area contributed by atoms with Crippen molar-refractivity contribution in [2.45, 2.75) is 62.0 Å². The summed E-state index contributed by atoms with van der Waals surface area (Å²) in [5.41, 5.74) is 0.412. The van der Waals surface area contributed by atoms with Gasteiger partial charge >= 0.3 is 13.1 Å². The Kier molecular flexibility index (Phi) is 6.49. The first kappa shape index (κ1) is 26.9. The Morgan fingerprint density at radius 2 is 1.55 bits per heavy atom. The average Bonchev–Trinajstić information content (AvgIpc) is 3.25. The molecule has 2 aromatic carbocycles. The molecule has 3 aliphatic rings. The maximum absolute atomic E-state index is 13.6. The van der Waals surface area contributed by atoms with Crippen LogP contribution in [0.25, 0.3) is 0 Å². The van der Waals surface area contributed by atoms with Gasteiger partial charge in [-0.1, -0.05) is 30.3 Å². The highest BCUT2D eigenvalue weighted by Gasteiger charge is 2.54. The minimum Gasteiger partial charge on any atom is -0.468 e. The molecular weight excluding hydrogens is 507 g/mol. The summed E-state index contributed by atoms with van der Waals surface area (Å²) in [4.78, 5) is 27.2. The van der Waals surface area contributed by atoms with Crippen LogP contribution in [0.15, 0.2) is 53.4 Å². The van der Waals surface area contributed by atoms with Crippen molar-refractivity contribution in [3.05, 3.63) is 54.1 Å². The highest BCUT2D eigenvalue weighted by molar-refractivity contribution is 7.89. The van der Waals surface area contributed by atoms with Gasteiger partial charge in [0.05, 0.1) is 28.6 Å². The molecule has 5 rings (SSSR count). The molecular formula is C27H33BN2O7S. The number of hydrogen-bond donors (Lipinski definition) is 0. The number of nitrogens with zero attached hydrogens (tertiary/aromatic N) is 2. The molecule has 0 saturated carbocycles. The highest BCUT2D eigenvalue weighted by atomic mass is 32.2. The van der Waals surface area contributed by atoms with Crippen LogP contribution in [0.2, 0.25) is 0 Å². The predicted molar refractivity (Wildman–Crippen MR) is 143 cm³/mol. The van der Waals surface area contributed by atoms with Gasteiger partial charge < -0.3 is 18.9 Å². The Morgan fingerprint density at radius 1 is 0.974 bits per heavy atom. The second-order valence-corrected chi connectivity index (χ2v) is 13.1. The fraction of sp³-hybridized carbons (Fsp3) is 0.481. The number of sulfonamides is 1. The normalized spacial score (nSPS) is 22.1. The number of rotatable bonds is 5. The van der Waals surface area contributed by atoms with Crippen molar-refractivity contribution in [3.63, 3.8) is 0 Å². The fourth-order valence-corrected chi connectivity index (χ4v) is 6.91. The van der Waals surface area contributed by atoms with Crippen LogP contribution < -0.4 is 10.4 Å². The van der Waals surface area contributed by atoms with E-state index in [4.69, 9.17) is 14.0 Å². The molecule has 0 aliphatic carbocycles. The van der Waals surface area contributed by atoms with Gasteiger partial charge in [0.15, 0.2) is 0 Å². The minimum absolute atomic E-state index is 0.175. The van der Waals surface area contributed by atoms with Crippen LogP contribution in [-0.2, 0) is 39.1 Å². The Hall–Kier alpha value is -2.73. The van der Waals surface area contributed by atoms with Crippen molar-refractivity contribution < 1.29 is 32.1 Å². The lowest BCUT2D eigenvalue weighted by Gasteiger charge is -2.37. The Labute approximate surface area is 224 Å². The summed E-state index contributed by atoms with van der Waals surface area (Å²) >= 11 is 0. The van der Waals surface area contributed by atoms with E-state index in [1.54, 1.807) is 24.3 Å². The first-order valence-corrected chi connectivity index (χ1v) is 14.2. The van der Waals surface area contributed by atoms with Crippen LogP contribution in [0.5, 0.6) is 0 Å². The lowest BCUT2D eigenvalue weighted by molar-refractivity contribution is -0.140. The molecule has 0 atom stereocenters. The van der Waals surface area contributed by atoms with E-state index in [0.29, 0.717) is 18.5 Å². The zero-order valence-electron chi connectivity index (χ0n) is 22.4. The van der Waals surface area contributed by atoms with Crippen molar-refractivity contribution in [1.29, 1.82) is 0 Å². The van der Waals surface area contributed by atoms with Crippen LogP contribution in [0.4, 0.5) is 5.69 Å². The van der Waals surface area contributed by atoms with E-state index in [-0.39, 0.29) is 30.4 Å². The van der Waals surface area contributed by atoms with Crippen LogP contribution in [0.3, 0.4) is 0 Å². The fourth-order valence-electron chi connectivity index (χ4n) is 5.46. The number of amides is 1. The largest absolute Gasteiger partial charge is 0.494 e. The third kappa shape index (κ3) is 4.16. The number of carbonyl (C=O) groups excluding carboxylic acids is 2. The lowest BCUT2D eigenvalue weighted by Crippen LogP contribution is -2.50. The third-order valence-electron chi connectivity index (χ3n) is 8.50. The van der Waals surface area contributed by atoms with E-state index in [9.17, 15) is 18.0 Å². The van der Waals surface area contributed by atoms with Crippen LogP contribution in [0, 0.1) is 0 Å². The predicted octanol–water partition coefficient (Wildman–Crippen LogP) is 2.23. The number of carbonyl (C=O) groups is 2. The van der Waals surface area contributed by atoms with Crippen LogP contribution in [0.1, 0.15) is 46.1 Å². The zero-order chi connectivity index (χ0) is 27.5. The average molecular weight is 540 g/mol. The second kappa shape index (κ2) is 9.19. The molecule has 1 spiro atoms. The first-order valence-electron chi connectivity index (χ1n) is 12.8. The molecule has 3 aliphatic heterocycles. The Balaban J connectivity index is 1.33. The lowest BCUT2D eigenvalue weighted by atomic mass is 9.74. The molecule has 202 valence electrons. The molecule has 2 fully saturated rings. The molecule has 0 N–H and O–H groups in total. The third-order valence-corrected chi connectivity index (χ3v) is 10.4. The van der Waals surface area contributed by atoms with Gasteiger partial charge in [-0.3, -0.25) is 9.59 Å². The van der Waals surface area contributed by atoms with Crippen molar-refractivity contribution in [2.75, 3.05) is 31.6 Å². The summed E-state index contributed by atoms with van der Waals surface area (Å²) < 4.78 is 45.4. The van der Waals surface area contributed by atoms with Crippen molar-refractivity contribution >= 4 is 40.2 Å². The Bertz CT molecular complexity index is 1350. The molecule has 0 bridgehead atoms.